The average molecular weight is 272 g/mol. The molecule has 8 aliphatic rings. The van der Waals surface area contributed by atoms with Crippen LogP contribution >= 0.6 is 0 Å². The fourth-order valence-electron chi connectivity index (χ4n) is 4.74. The Morgan fingerprint density at radius 2 is 0.400 bits per heavy atom. The Kier molecular flexibility index (Phi) is 2.98. The van der Waals surface area contributed by atoms with Gasteiger partial charge in [-0.3, -0.25) is 0 Å². The molecule has 0 aliphatic heterocycles. The molecule has 0 nitrogen and oxygen atoms in total. The highest BCUT2D eigenvalue weighted by atomic mass is 14.5. The van der Waals surface area contributed by atoms with Crippen LogP contribution in [0.25, 0.3) is 0 Å². The number of rotatable bonds is 0. The summed E-state index contributed by atoms with van der Waals surface area (Å²) in [6.07, 6.45) is 18.8. The average Bonchev–Trinajstić information content (AvgIpc) is 3.28. The van der Waals surface area contributed by atoms with Gasteiger partial charge in [-0.05, 0) is 124 Å². The molecule has 0 heterocycles. The maximum Gasteiger partial charge on any atom is -0.0383 e. The van der Waals surface area contributed by atoms with E-state index in [9.17, 15) is 0 Å². The van der Waals surface area contributed by atoms with E-state index in [2.05, 4.69) is 0 Å². The monoisotopic (exact) mass is 272 g/mol. The van der Waals surface area contributed by atoms with Crippen LogP contribution in [0.2, 0.25) is 0 Å². The predicted octanol–water partition coefficient (Wildman–Crippen LogP) is 5.67. The van der Waals surface area contributed by atoms with Gasteiger partial charge in [-0.15, -0.1) is 0 Å². The maximum atomic E-state index is 1.58. The zero-order chi connectivity index (χ0) is 13.1. The van der Waals surface area contributed by atoms with E-state index >= 15 is 0 Å². The largest absolute Gasteiger partial charge is 0.0499 e. The van der Waals surface area contributed by atoms with Crippen molar-refractivity contribution in [3.05, 3.63) is 0 Å². The number of hydrogen-bond acceptors (Lipinski definition) is 0. The Morgan fingerprint density at radius 1 is 0.250 bits per heavy atom. The van der Waals surface area contributed by atoms with E-state index in [0.717, 1.165) is 0 Å². The zero-order valence-corrected chi connectivity index (χ0v) is 13.1. The summed E-state index contributed by atoms with van der Waals surface area (Å²) < 4.78 is 0. The molecule has 8 aliphatic carbocycles. The zero-order valence-electron chi connectivity index (χ0n) is 13.1. The van der Waals surface area contributed by atoms with E-state index in [0.29, 0.717) is 0 Å². The molecular weight excluding hydrogens is 240 g/mol. The minimum absolute atomic E-state index is 1.23. The van der Waals surface area contributed by atoms with Crippen LogP contribution in [-0.4, -0.2) is 0 Å². The highest BCUT2D eigenvalue weighted by molar-refractivity contribution is 4.96. The van der Waals surface area contributed by atoms with Crippen molar-refractivity contribution in [1.82, 2.24) is 0 Å². The summed E-state index contributed by atoms with van der Waals surface area (Å²) in [5.41, 5.74) is 0. The molecule has 0 bridgehead atoms. The fraction of sp³-hybridized carbons (Fsp3) is 1.00. The normalized spacial score (nSPS) is 57.6. The number of hydrogen-bond donors (Lipinski definition) is 0. The predicted molar refractivity (Wildman–Crippen MR) is 83.3 cm³/mol. The summed E-state index contributed by atoms with van der Waals surface area (Å²) in [4.78, 5) is 0. The molecule has 0 heteroatoms. The Labute approximate surface area is 125 Å². The van der Waals surface area contributed by atoms with Crippen molar-refractivity contribution in [3.63, 3.8) is 0 Å². The highest BCUT2D eigenvalue weighted by Crippen LogP contribution is 2.56. The minimum Gasteiger partial charge on any atom is -0.0499 e. The van der Waals surface area contributed by atoms with Crippen LogP contribution in [0.4, 0.5) is 0 Å². The highest BCUT2D eigenvalue weighted by Gasteiger charge is 2.45. The molecule has 8 atom stereocenters. The van der Waals surface area contributed by atoms with Crippen LogP contribution in [0, 0.1) is 47.3 Å². The summed E-state index contributed by atoms with van der Waals surface area (Å²) in [6.45, 7) is 0. The van der Waals surface area contributed by atoms with Gasteiger partial charge in [-0.25, -0.2) is 0 Å². The SMILES string of the molecule is C1CC2CC12.C1CC2CC12.C1CC2CC12.C1CC2CC12. The van der Waals surface area contributed by atoms with Gasteiger partial charge in [0, 0.05) is 0 Å². The first-order valence-corrected chi connectivity index (χ1v) is 9.87. The van der Waals surface area contributed by atoms with Crippen LogP contribution in [0.1, 0.15) is 77.0 Å². The first-order chi connectivity index (χ1) is 9.87. The van der Waals surface area contributed by atoms with Gasteiger partial charge in [-0.2, -0.15) is 0 Å². The van der Waals surface area contributed by atoms with Crippen molar-refractivity contribution >= 4 is 0 Å². The Bertz CT molecular complexity index is 252. The lowest BCUT2D eigenvalue weighted by Crippen LogP contribution is -1.93. The lowest BCUT2D eigenvalue weighted by atomic mass is 10.0. The van der Waals surface area contributed by atoms with E-state index in [1.54, 1.807) is 77.0 Å². The van der Waals surface area contributed by atoms with Crippen LogP contribution in [-0.2, 0) is 0 Å². The molecular formula is C20H32. The van der Waals surface area contributed by atoms with E-state index in [1.165, 1.54) is 47.3 Å². The van der Waals surface area contributed by atoms with Gasteiger partial charge in [0.2, 0.25) is 0 Å². The van der Waals surface area contributed by atoms with Crippen molar-refractivity contribution < 1.29 is 0 Å². The summed E-state index contributed by atoms with van der Waals surface area (Å²) in [5.74, 6) is 9.85. The molecule has 0 amide bonds. The molecule has 112 valence electrons. The molecule has 0 aromatic carbocycles. The summed E-state index contributed by atoms with van der Waals surface area (Å²) in [7, 11) is 0. The first kappa shape index (κ1) is 12.5. The Morgan fingerprint density at radius 3 is 0.400 bits per heavy atom. The first-order valence-electron chi connectivity index (χ1n) is 9.87. The van der Waals surface area contributed by atoms with E-state index in [-0.39, 0.29) is 0 Å². The summed E-state index contributed by atoms with van der Waals surface area (Å²) >= 11 is 0. The second kappa shape index (κ2) is 4.75. The third-order valence-corrected chi connectivity index (χ3v) is 7.91. The quantitative estimate of drug-likeness (QED) is 0.533. The van der Waals surface area contributed by atoms with Gasteiger partial charge in [0.1, 0.15) is 0 Å². The molecule has 0 spiro atoms. The van der Waals surface area contributed by atoms with Crippen LogP contribution in [0.5, 0.6) is 0 Å². The molecule has 0 aromatic heterocycles. The van der Waals surface area contributed by atoms with Crippen molar-refractivity contribution in [2.75, 3.05) is 0 Å². The third-order valence-electron chi connectivity index (χ3n) is 7.91. The van der Waals surface area contributed by atoms with Crippen LogP contribution < -0.4 is 0 Å². The molecule has 0 aromatic rings. The molecule has 8 rings (SSSR count). The van der Waals surface area contributed by atoms with Crippen LogP contribution in [0.15, 0.2) is 0 Å². The number of fused-ring (bicyclic) bond motifs is 4. The van der Waals surface area contributed by atoms with Crippen molar-refractivity contribution in [1.29, 1.82) is 0 Å². The second-order valence-corrected chi connectivity index (χ2v) is 9.33. The molecule has 0 saturated heterocycles. The minimum atomic E-state index is 1.23. The van der Waals surface area contributed by atoms with Crippen LogP contribution in [0.3, 0.4) is 0 Å². The van der Waals surface area contributed by atoms with Crippen molar-refractivity contribution in [3.8, 4) is 0 Å². The molecule has 0 radical (unpaired) electrons. The van der Waals surface area contributed by atoms with Gasteiger partial charge in [0.25, 0.3) is 0 Å². The fourth-order valence-corrected chi connectivity index (χ4v) is 4.74. The standard InChI is InChI=1S/4C5H8/c4*1-2-5-3-4(1)5/h4*4-5H,1-3H2. The second-order valence-electron chi connectivity index (χ2n) is 9.33. The molecule has 8 unspecified atom stereocenters. The molecule has 20 heavy (non-hydrogen) atoms. The lowest BCUT2D eigenvalue weighted by Gasteiger charge is -2.04. The maximum absolute atomic E-state index is 1.58. The Balaban J connectivity index is 0.0000000640. The summed E-state index contributed by atoms with van der Waals surface area (Å²) in [6, 6.07) is 0. The molecule has 0 N–H and O–H groups in total. The smallest absolute Gasteiger partial charge is 0.0383 e. The molecule has 8 saturated carbocycles. The van der Waals surface area contributed by atoms with Gasteiger partial charge < -0.3 is 0 Å². The Hall–Kier alpha value is 0. The van der Waals surface area contributed by atoms with E-state index in [1.807, 2.05) is 0 Å². The van der Waals surface area contributed by atoms with Gasteiger partial charge in [0.05, 0.1) is 0 Å². The van der Waals surface area contributed by atoms with Gasteiger partial charge in [0.15, 0.2) is 0 Å². The van der Waals surface area contributed by atoms with E-state index in [4.69, 9.17) is 0 Å². The van der Waals surface area contributed by atoms with Crippen molar-refractivity contribution in [2.24, 2.45) is 47.3 Å². The third kappa shape index (κ3) is 2.69. The lowest BCUT2D eigenvalue weighted by molar-refractivity contribution is 0.468. The van der Waals surface area contributed by atoms with Gasteiger partial charge in [-0.1, -0.05) is 0 Å². The summed E-state index contributed by atoms with van der Waals surface area (Å²) in [5, 5.41) is 0. The van der Waals surface area contributed by atoms with Crippen molar-refractivity contribution in [2.45, 2.75) is 77.0 Å². The topological polar surface area (TPSA) is 0 Å². The van der Waals surface area contributed by atoms with Gasteiger partial charge >= 0.3 is 0 Å². The molecule has 8 fully saturated rings. The van der Waals surface area contributed by atoms with E-state index < -0.39 is 0 Å².